The number of rotatable bonds is 23. The molecule has 0 radical (unpaired) electrons. The molecule has 24 unspecified atom stereocenters. The van der Waals surface area contributed by atoms with E-state index < -0.39 is 162 Å². The van der Waals surface area contributed by atoms with Crippen molar-refractivity contribution < 1.29 is 94.4 Å². The number of allylic oxidation sites excluding steroid dienone is 7. The van der Waals surface area contributed by atoms with E-state index in [1.807, 2.05) is 52.0 Å². The molecule has 3 amide bonds. The summed E-state index contributed by atoms with van der Waals surface area (Å²) in [5, 5.41) is 132. The van der Waals surface area contributed by atoms with Crippen LogP contribution < -0.4 is 16.0 Å². The van der Waals surface area contributed by atoms with Gasteiger partial charge in [0.25, 0.3) is 0 Å². The van der Waals surface area contributed by atoms with Crippen molar-refractivity contribution in [1.82, 2.24) is 16.0 Å². The third-order valence-electron chi connectivity index (χ3n) is 19.8. The smallest absolute Gasteiger partial charge is 0.338 e. The van der Waals surface area contributed by atoms with Gasteiger partial charge in [0.1, 0.15) is 11.9 Å². The van der Waals surface area contributed by atoms with Crippen LogP contribution >= 0.6 is 0 Å². The number of hydrogen-bond acceptors (Lipinski definition) is 18. The van der Waals surface area contributed by atoms with Gasteiger partial charge in [-0.25, -0.2) is 9.59 Å². The van der Waals surface area contributed by atoms with Crippen LogP contribution in [-0.4, -0.2) is 189 Å². The van der Waals surface area contributed by atoms with Gasteiger partial charge < -0.3 is 81.6 Å². The average molecular weight is 1400 g/mol. The Labute approximate surface area is 590 Å². The maximum atomic E-state index is 14.2. The summed E-state index contributed by atoms with van der Waals surface area (Å²) in [4.78, 5) is 80.4. The van der Waals surface area contributed by atoms with E-state index in [4.69, 9.17) is 9.47 Å². The summed E-state index contributed by atoms with van der Waals surface area (Å²) in [7, 11) is 0. The van der Waals surface area contributed by atoms with Crippen LogP contribution in [-0.2, 0) is 38.2 Å². The third kappa shape index (κ3) is 30.2. The number of ketones is 1. The molecule has 2 heterocycles. The van der Waals surface area contributed by atoms with Gasteiger partial charge in [-0.15, -0.1) is 0 Å². The summed E-state index contributed by atoms with van der Waals surface area (Å²) in [6.45, 7) is 30.8. The van der Waals surface area contributed by atoms with E-state index in [0.29, 0.717) is 54.7 Å². The summed E-state index contributed by atoms with van der Waals surface area (Å²) >= 11 is 0. The summed E-state index contributed by atoms with van der Waals surface area (Å²) in [6, 6.07) is -4.59. The Morgan fingerprint density at radius 2 is 1.30 bits per heavy atom. The molecule has 0 saturated carbocycles. The molecule has 22 nitrogen and oxygen atoms in total. The molecule has 1 fully saturated rings. The lowest BCUT2D eigenvalue weighted by Crippen LogP contribution is -2.58. The zero-order valence-corrected chi connectivity index (χ0v) is 62.3. The largest absolute Gasteiger partial charge is 0.480 e. The molecule has 24 atom stereocenters. The van der Waals surface area contributed by atoms with Gasteiger partial charge in [-0.1, -0.05) is 150 Å². The fraction of sp³-hybridized carbons (Fsp3) is 0.714. The number of hydrogen-bond donors (Lipinski definition) is 14. The van der Waals surface area contributed by atoms with Gasteiger partial charge >= 0.3 is 11.9 Å². The number of amides is 3. The number of nitrogens with one attached hydrogen (secondary N) is 3. The molecule has 2 aliphatic heterocycles. The molecule has 0 aliphatic carbocycles. The quantitative estimate of drug-likeness (QED) is 0.0270. The molecule has 2 rings (SSSR count). The number of carbonyl (C=O) groups is 6. The van der Waals surface area contributed by atoms with E-state index in [2.05, 4.69) is 22.9 Å². The number of esters is 1. The van der Waals surface area contributed by atoms with Crippen molar-refractivity contribution in [2.24, 2.45) is 64.6 Å². The average Bonchev–Trinajstić information content (AvgIpc) is 0.834. The van der Waals surface area contributed by atoms with Crippen molar-refractivity contribution in [3.05, 3.63) is 95.7 Å². The minimum Gasteiger partial charge on any atom is -0.480 e. The summed E-state index contributed by atoms with van der Waals surface area (Å²) in [5.41, 5.74) is 0.335. The second kappa shape index (κ2) is 43.5. The SMILES string of the molecule is CC1=CCC(O)C(C)C(C(NC(=O)C(C)C(O)CCC(C)C(O)C(C)=CC(C)C(O)C(CC(C)C)NC(=O)C=CC(C)(C)C(=O)C(C)C(O)C(C)C)C(C)O)OC(=O)C(O)C(C(=O)O)NC(=O)C=CC=CCCC=CC=CCC2CC(C)CC(CC(O)C(C)C(O)C(C)=CC(C)C1O)O2. The highest BCUT2D eigenvalue weighted by atomic mass is 16.6. The van der Waals surface area contributed by atoms with Crippen LogP contribution in [0.5, 0.6) is 0 Å². The molecule has 2 aliphatic rings. The molecule has 564 valence electrons. The molecule has 0 aromatic carbocycles. The molecule has 1 saturated heterocycles. The topological polar surface area (TPSA) is 380 Å². The summed E-state index contributed by atoms with van der Waals surface area (Å²) < 4.78 is 12.2. The van der Waals surface area contributed by atoms with Gasteiger partial charge in [0.05, 0.1) is 85.1 Å². The van der Waals surface area contributed by atoms with Crippen molar-refractivity contribution in [2.75, 3.05) is 0 Å². The highest BCUT2D eigenvalue weighted by molar-refractivity contribution is 5.94. The van der Waals surface area contributed by atoms with Crippen LogP contribution in [0.25, 0.3) is 0 Å². The number of aliphatic carboxylic acids is 1. The number of aliphatic hydroxyl groups is 10. The lowest BCUT2D eigenvalue weighted by molar-refractivity contribution is -0.174. The predicted molar refractivity (Wildman–Crippen MR) is 383 cm³/mol. The molecular formula is C77H127N3O19. The van der Waals surface area contributed by atoms with Crippen LogP contribution in [0.2, 0.25) is 0 Å². The predicted octanol–water partition coefficient (Wildman–Crippen LogP) is 7.36. The Balaban J connectivity index is 2.46. The first kappa shape index (κ1) is 89.6. The van der Waals surface area contributed by atoms with E-state index >= 15 is 0 Å². The van der Waals surface area contributed by atoms with Crippen molar-refractivity contribution in [3.8, 4) is 0 Å². The summed E-state index contributed by atoms with van der Waals surface area (Å²) in [5.74, 6) is -11.1. The van der Waals surface area contributed by atoms with Crippen LogP contribution in [0.4, 0.5) is 0 Å². The number of fused-ring (bicyclic) bond motifs is 2. The first-order valence-corrected chi connectivity index (χ1v) is 35.8. The summed E-state index contributed by atoms with van der Waals surface area (Å²) in [6.07, 6.45) is 10.3. The highest BCUT2D eigenvalue weighted by Crippen LogP contribution is 2.33. The number of Topliss-reactive ketones (excluding diaryl/α,β-unsaturated/α-hetero) is 1. The zero-order valence-electron chi connectivity index (χ0n) is 62.3. The number of cyclic esters (lactones) is 1. The molecule has 0 spiro atoms. The van der Waals surface area contributed by atoms with Crippen LogP contribution in [0, 0.1) is 64.6 Å². The molecule has 2 bridgehead atoms. The van der Waals surface area contributed by atoms with Crippen LogP contribution in [0.1, 0.15) is 189 Å². The van der Waals surface area contributed by atoms with Crippen molar-refractivity contribution in [2.45, 2.75) is 286 Å². The number of carboxylic acid groups (broad SMARTS) is 1. The molecule has 22 heteroatoms. The molecule has 0 aromatic rings. The number of ether oxygens (including phenoxy) is 2. The van der Waals surface area contributed by atoms with Gasteiger partial charge in [-0.2, -0.15) is 0 Å². The van der Waals surface area contributed by atoms with Crippen LogP contribution in [0.3, 0.4) is 0 Å². The van der Waals surface area contributed by atoms with Crippen molar-refractivity contribution in [3.63, 3.8) is 0 Å². The van der Waals surface area contributed by atoms with Gasteiger partial charge in [0.2, 0.25) is 17.7 Å². The van der Waals surface area contributed by atoms with E-state index in [-0.39, 0.29) is 49.1 Å². The first-order chi connectivity index (χ1) is 46.0. The number of carboxylic acids is 1. The van der Waals surface area contributed by atoms with Gasteiger partial charge in [0.15, 0.2) is 12.1 Å². The van der Waals surface area contributed by atoms with Crippen LogP contribution in [0.15, 0.2) is 95.7 Å². The van der Waals surface area contributed by atoms with E-state index in [1.165, 1.54) is 45.1 Å². The maximum absolute atomic E-state index is 14.2. The fourth-order valence-corrected chi connectivity index (χ4v) is 12.9. The molecule has 14 N–H and O–H groups in total. The standard InChI is InChI=1S/C77H127N3O19/c1-42(2)36-58(78-63(86)34-35-77(17,18)73(93)54(15)66(87)43(3)4)70(91)50(11)40-48(9)68(89)46(7)31-33-60(83)53(14)74(94)80-64(55(16)81)72-52(13)59(82)32-30-45(6)67(88)47(8)39-49(10)69(90)51(12)61(84)41-57-38-44(5)37-56(98-57)28-26-24-22-20-19-21-23-25-27-29-62(85)79-65(75(95)96)71(92)76(97)99-72/h20,22-27,29-30,34-35,39-40,42-44,46-47,50-61,64-72,81-84,87-92H,19,21,28,31-33,36-38,41H2,1-18H3,(H,78,86)(H,79,85)(H,80,94)(H,95,96). The normalized spacial score (nSPS) is 29.6. The minimum atomic E-state index is -2.57. The molecule has 99 heavy (non-hydrogen) atoms. The van der Waals surface area contributed by atoms with E-state index in [9.17, 15) is 84.9 Å². The Kier molecular flexibility index (Phi) is 39.3. The molecule has 0 aromatic heterocycles. The lowest BCUT2D eigenvalue weighted by atomic mass is 9.77. The Bertz CT molecular complexity index is 2780. The lowest BCUT2D eigenvalue weighted by Gasteiger charge is -2.37. The van der Waals surface area contributed by atoms with Gasteiger partial charge in [-0.3, -0.25) is 19.2 Å². The minimum absolute atomic E-state index is 0.0271. The number of carbonyl (C=O) groups excluding carboxylic acids is 5. The molecular weight excluding hydrogens is 1270 g/mol. The third-order valence-corrected chi connectivity index (χ3v) is 19.8. The second-order valence-corrected chi connectivity index (χ2v) is 30.1. The fourth-order valence-electron chi connectivity index (χ4n) is 12.9. The van der Waals surface area contributed by atoms with E-state index in [0.717, 1.165) is 18.9 Å². The Hall–Kier alpha value is -5.50. The van der Waals surface area contributed by atoms with Crippen molar-refractivity contribution in [1.29, 1.82) is 0 Å². The van der Waals surface area contributed by atoms with E-state index in [1.54, 1.807) is 93.5 Å². The second-order valence-electron chi connectivity index (χ2n) is 30.1. The maximum Gasteiger partial charge on any atom is 0.338 e. The number of aliphatic hydroxyl groups excluding tert-OH is 10. The van der Waals surface area contributed by atoms with Gasteiger partial charge in [-0.05, 0) is 152 Å². The first-order valence-electron chi connectivity index (χ1n) is 35.8. The highest BCUT2D eigenvalue weighted by Gasteiger charge is 2.43. The van der Waals surface area contributed by atoms with Crippen molar-refractivity contribution >= 4 is 35.4 Å². The zero-order chi connectivity index (χ0) is 75.5. The monoisotopic (exact) mass is 1400 g/mol. The van der Waals surface area contributed by atoms with Gasteiger partial charge in [0, 0.05) is 41.1 Å². The Morgan fingerprint density at radius 3 is 1.89 bits per heavy atom. The Morgan fingerprint density at radius 1 is 0.707 bits per heavy atom.